The van der Waals surface area contributed by atoms with Crippen molar-refractivity contribution in [2.45, 2.75) is 39.3 Å². The van der Waals surface area contributed by atoms with Gasteiger partial charge in [-0.25, -0.2) is 0 Å². The number of rotatable bonds is 7. The molecule has 0 bridgehead atoms. The fourth-order valence-corrected chi connectivity index (χ4v) is 1.40. The smallest absolute Gasteiger partial charge is 0.127 e. The van der Waals surface area contributed by atoms with E-state index in [2.05, 4.69) is 6.92 Å². The molecule has 0 saturated carbocycles. The second kappa shape index (κ2) is 6.61. The highest BCUT2D eigenvalue weighted by atomic mass is 16.5. The van der Waals surface area contributed by atoms with Gasteiger partial charge >= 0.3 is 0 Å². The zero-order chi connectivity index (χ0) is 13.6. The zero-order valence-electron chi connectivity index (χ0n) is 11.4. The largest absolute Gasteiger partial charge is 0.493 e. The topological polar surface area (TPSA) is 64.7 Å². The third-order valence-corrected chi connectivity index (χ3v) is 2.31. The van der Waals surface area contributed by atoms with Crippen LogP contribution in [0.15, 0.2) is 18.2 Å². The van der Waals surface area contributed by atoms with Gasteiger partial charge in [-0.15, -0.1) is 0 Å². The molecule has 1 aromatic carbocycles. The summed E-state index contributed by atoms with van der Waals surface area (Å²) in [6.45, 7) is 6.75. The van der Waals surface area contributed by atoms with Crippen molar-refractivity contribution in [3.8, 4) is 11.5 Å². The van der Waals surface area contributed by atoms with Crippen LogP contribution in [0.2, 0.25) is 0 Å². The van der Waals surface area contributed by atoms with Crippen molar-refractivity contribution < 1.29 is 14.6 Å². The number of hydrogen-bond donors (Lipinski definition) is 2. The van der Waals surface area contributed by atoms with Gasteiger partial charge in [0.25, 0.3) is 0 Å². The summed E-state index contributed by atoms with van der Waals surface area (Å²) in [6.07, 6.45) is 0.957. The zero-order valence-corrected chi connectivity index (χ0v) is 11.4. The molecule has 0 saturated heterocycles. The number of hydrogen-bond acceptors (Lipinski definition) is 4. The van der Waals surface area contributed by atoms with Crippen molar-refractivity contribution in [3.05, 3.63) is 23.8 Å². The van der Waals surface area contributed by atoms with E-state index in [9.17, 15) is 5.11 Å². The summed E-state index contributed by atoms with van der Waals surface area (Å²) >= 11 is 0. The average Bonchev–Trinajstić information content (AvgIpc) is 2.33. The van der Waals surface area contributed by atoms with E-state index in [4.69, 9.17) is 15.2 Å². The van der Waals surface area contributed by atoms with Crippen LogP contribution in [0.25, 0.3) is 0 Å². The Labute approximate surface area is 109 Å². The maximum Gasteiger partial charge on any atom is 0.127 e. The molecule has 0 radical (unpaired) electrons. The lowest BCUT2D eigenvalue weighted by Crippen LogP contribution is -2.28. The normalized spacial score (nSPS) is 11.4. The third-order valence-electron chi connectivity index (χ3n) is 2.31. The summed E-state index contributed by atoms with van der Waals surface area (Å²) < 4.78 is 11.1. The Morgan fingerprint density at radius 3 is 2.56 bits per heavy atom. The fraction of sp³-hybridized carbons (Fsp3) is 0.571. The highest BCUT2D eigenvalue weighted by Gasteiger charge is 2.15. The Bertz CT molecular complexity index is 372. The molecule has 0 atom stereocenters. The maximum atomic E-state index is 9.67. The van der Waals surface area contributed by atoms with Crippen LogP contribution in [0.4, 0.5) is 0 Å². The van der Waals surface area contributed by atoms with Crippen LogP contribution in [-0.2, 0) is 6.54 Å². The molecule has 1 rings (SSSR count). The van der Waals surface area contributed by atoms with Crippen molar-refractivity contribution in [3.63, 3.8) is 0 Å². The van der Waals surface area contributed by atoms with E-state index in [1.807, 2.05) is 18.2 Å². The molecule has 102 valence electrons. The lowest BCUT2D eigenvalue weighted by atomic mass is 10.1. The molecule has 0 spiro atoms. The van der Waals surface area contributed by atoms with Gasteiger partial charge in [0, 0.05) is 18.2 Å². The first-order chi connectivity index (χ1) is 8.46. The van der Waals surface area contributed by atoms with Crippen LogP contribution in [0.3, 0.4) is 0 Å². The second-order valence-electron chi connectivity index (χ2n) is 4.92. The minimum absolute atomic E-state index is 0.219. The molecule has 0 aromatic heterocycles. The van der Waals surface area contributed by atoms with Gasteiger partial charge in [-0.2, -0.15) is 0 Å². The summed E-state index contributed by atoms with van der Waals surface area (Å²) in [5, 5.41) is 9.67. The van der Waals surface area contributed by atoms with Crippen molar-refractivity contribution >= 4 is 0 Å². The van der Waals surface area contributed by atoms with Gasteiger partial charge in [-0.1, -0.05) is 13.0 Å². The van der Waals surface area contributed by atoms with Crippen molar-refractivity contribution in [2.75, 3.05) is 13.2 Å². The van der Waals surface area contributed by atoms with Crippen molar-refractivity contribution in [1.82, 2.24) is 0 Å². The highest BCUT2D eigenvalue weighted by molar-refractivity contribution is 5.40. The van der Waals surface area contributed by atoms with Crippen LogP contribution in [0.5, 0.6) is 11.5 Å². The van der Waals surface area contributed by atoms with Gasteiger partial charge in [0.05, 0.1) is 12.2 Å². The van der Waals surface area contributed by atoms with Crippen LogP contribution in [-0.4, -0.2) is 23.9 Å². The van der Waals surface area contributed by atoms with Gasteiger partial charge in [0.2, 0.25) is 0 Å². The van der Waals surface area contributed by atoms with Gasteiger partial charge in [-0.3, -0.25) is 0 Å². The SMILES string of the molecule is CCCOc1ccc(CN)c(OCC(C)(C)O)c1. The second-order valence-corrected chi connectivity index (χ2v) is 4.92. The van der Waals surface area contributed by atoms with Gasteiger partial charge in [0.15, 0.2) is 0 Å². The van der Waals surface area contributed by atoms with E-state index in [0.717, 1.165) is 17.7 Å². The van der Waals surface area contributed by atoms with Gasteiger partial charge < -0.3 is 20.3 Å². The van der Waals surface area contributed by atoms with Crippen LogP contribution >= 0.6 is 0 Å². The molecular formula is C14H23NO3. The lowest BCUT2D eigenvalue weighted by Gasteiger charge is -2.19. The Hall–Kier alpha value is -1.26. The maximum absolute atomic E-state index is 9.67. The molecule has 0 fully saturated rings. The molecule has 4 heteroatoms. The predicted octanol–water partition coefficient (Wildman–Crippen LogP) is 2.08. The Morgan fingerprint density at radius 1 is 1.28 bits per heavy atom. The third kappa shape index (κ3) is 4.94. The lowest BCUT2D eigenvalue weighted by molar-refractivity contribution is 0.0281. The minimum Gasteiger partial charge on any atom is -0.493 e. The first-order valence-electron chi connectivity index (χ1n) is 6.27. The molecule has 3 N–H and O–H groups in total. The molecule has 0 aliphatic rings. The molecule has 18 heavy (non-hydrogen) atoms. The molecule has 1 aromatic rings. The first kappa shape index (κ1) is 14.8. The van der Waals surface area contributed by atoms with E-state index < -0.39 is 5.60 Å². The summed E-state index contributed by atoms with van der Waals surface area (Å²) in [7, 11) is 0. The van der Waals surface area contributed by atoms with Gasteiger partial charge in [-0.05, 0) is 26.3 Å². The van der Waals surface area contributed by atoms with Crippen LogP contribution in [0.1, 0.15) is 32.8 Å². The highest BCUT2D eigenvalue weighted by Crippen LogP contribution is 2.25. The number of benzene rings is 1. The molecule has 0 heterocycles. The van der Waals surface area contributed by atoms with E-state index in [-0.39, 0.29) is 6.61 Å². The molecular weight excluding hydrogens is 230 g/mol. The van der Waals surface area contributed by atoms with Crippen molar-refractivity contribution in [2.24, 2.45) is 5.73 Å². The molecule has 0 amide bonds. The Kier molecular flexibility index (Phi) is 5.44. The van der Waals surface area contributed by atoms with Crippen LogP contribution in [0, 0.1) is 0 Å². The summed E-state index contributed by atoms with van der Waals surface area (Å²) in [6, 6.07) is 5.60. The quantitative estimate of drug-likeness (QED) is 0.781. The van der Waals surface area contributed by atoms with E-state index in [0.29, 0.717) is 18.9 Å². The monoisotopic (exact) mass is 253 g/mol. The number of aliphatic hydroxyl groups is 1. The number of ether oxygens (including phenoxy) is 2. The van der Waals surface area contributed by atoms with Gasteiger partial charge in [0.1, 0.15) is 18.1 Å². The standard InChI is InChI=1S/C14H23NO3/c1-4-7-17-12-6-5-11(9-15)13(8-12)18-10-14(2,3)16/h5-6,8,16H,4,7,9-10,15H2,1-3H3. The first-order valence-corrected chi connectivity index (χ1v) is 6.27. The Balaban J connectivity index is 2.78. The predicted molar refractivity (Wildman–Crippen MR) is 71.9 cm³/mol. The van der Waals surface area contributed by atoms with E-state index in [1.54, 1.807) is 13.8 Å². The van der Waals surface area contributed by atoms with Crippen LogP contribution < -0.4 is 15.2 Å². The summed E-state index contributed by atoms with van der Waals surface area (Å²) in [5.74, 6) is 1.44. The Morgan fingerprint density at radius 2 is 2.00 bits per heavy atom. The van der Waals surface area contributed by atoms with E-state index >= 15 is 0 Å². The fourth-order valence-electron chi connectivity index (χ4n) is 1.40. The number of nitrogens with two attached hydrogens (primary N) is 1. The summed E-state index contributed by atoms with van der Waals surface area (Å²) in [5.41, 5.74) is 5.69. The molecule has 0 unspecified atom stereocenters. The molecule has 4 nitrogen and oxygen atoms in total. The molecule has 0 aliphatic heterocycles. The van der Waals surface area contributed by atoms with E-state index in [1.165, 1.54) is 0 Å². The van der Waals surface area contributed by atoms with Crippen molar-refractivity contribution in [1.29, 1.82) is 0 Å². The summed E-state index contributed by atoms with van der Waals surface area (Å²) in [4.78, 5) is 0. The average molecular weight is 253 g/mol. The minimum atomic E-state index is -0.869. The molecule has 0 aliphatic carbocycles.